The van der Waals surface area contributed by atoms with E-state index < -0.39 is 0 Å². The van der Waals surface area contributed by atoms with E-state index in [-0.39, 0.29) is 5.69 Å². The quantitative estimate of drug-likeness (QED) is 0.709. The number of hydrogen-bond donors (Lipinski definition) is 1. The van der Waals surface area contributed by atoms with E-state index in [0.29, 0.717) is 23.7 Å². The van der Waals surface area contributed by atoms with E-state index in [2.05, 4.69) is 62.1 Å². The van der Waals surface area contributed by atoms with Crippen LogP contribution in [0.1, 0.15) is 19.0 Å². The van der Waals surface area contributed by atoms with Crippen molar-refractivity contribution in [3.05, 3.63) is 48.9 Å². The van der Waals surface area contributed by atoms with Gasteiger partial charge in [0.15, 0.2) is 5.69 Å². The van der Waals surface area contributed by atoms with Gasteiger partial charge in [-0.05, 0) is 39.6 Å². The summed E-state index contributed by atoms with van der Waals surface area (Å²) in [5.74, 6) is 1.93. The summed E-state index contributed by atoms with van der Waals surface area (Å²) in [6, 6.07) is 7.11. The molecule has 0 spiro atoms. The SMILES string of the molecule is C[C@@H]1C[C@@H](N(C)C)CN1c1ccc(-n2cnc(Nc3cnc(C#N)cn3)c2)nc1. The standard InChI is InChI=1S/C20H23N9/c1-14-6-17(27(2)3)11-29(14)16-4-5-20(24-9-16)28-12-19(25-13-28)26-18-10-22-15(7-21)8-23-18/h4-5,8-10,12-14,17H,6,11H2,1-3H3,(H,23,26)/t14-,17-/m1/s1. The molecule has 0 aliphatic carbocycles. The first kappa shape index (κ1) is 18.8. The predicted molar refractivity (Wildman–Crippen MR) is 110 cm³/mol. The second-order valence-electron chi connectivity index (χ2n) is 7.42. The first-order valence-corrected chi connectivity index (χ1v) is 9.46. The number of likely N-dealkylation sites (N-methyl/N-ethyl adjacent to an activating group) is 1. The van der Waals surface area contributed by atoms with E-state index in [9.17, 15) is 0 Å². The molecular formula is C20H23N9. The molecule has 0 saturated carbocycles. The molecule has 29 heavy (non-hydrogen) atoms. The summed E-state index contributed by atoms with van der Waals surface area (Å²) >= 11 is 0. The molecule has 0 radical (unpaired) electrons. The van der Waals surface area contributed by atoms with Crippen molar-refractivity contribution < 1.29 is 0 Å². The van der Waals surface area contributed by atoms with E-state index in [4.69, 9.17) is 5.26 Å². The first-order valence-electron chi connectivity index (χ1n) is 9.46. The van der Waals surface area contributed by atoms with Gasteiger partial charge in [-0.1, -0.05) is 0 Å². The number of imidazole rings is 1. The van der Waals surface area contributed by atoms with Crippen LogP contribution in [0, 0.1) is 11.3 Å². The van der Waals surface area contributed by atoms with Crippen LogP contribution in [-0.4, -0.2) is 62.1 Å². The summed E-state index contributed by atoms with van der Waals surface area (Å²) in [6.45, 7) is 3.28. The number of nitrogens with one attached hydrogen (secondary N) is 1. The van der Waals surface area contributed by atoms with Gasteiger partial charge in [-0.15, -0.1) is 0 Å². The Balaban J connectivity index is 1.45. The number of nitrogens with zero attached hydrogens (tertiary/aromatic N) is 8. The average molecular weight is 389 g/mol. The van der Waals surface area contributed by atoms with Crippen molar-refractivity contribution in [2.24, 2.45) is 0 Å². The minimum absolute atomic E-state index is 0.273. The van der Waals surface area contributed by atoms with E-state index in [1.165, 1.54) is 12.4 Å². The van der Waals surface area contributed by atoms with Crippen LogP contribution in [-0.2, 0) is 0 Å². The van der Waals surface area contributed by atoms with Crippen molar-refractivity contribution in [3.8, 4) is 11.9 Å². The molecule has 1 aliphatic rings. The molecule has 0 amide bonds. The van der Waals surface area contributed by atoms with Gasteiger partial charge in [-0.3, -0.25) is 4.57 Å². The van der Waals surface area contributed by atoms with Crippen molar-refractivity contribution in [3.63, 3.8) is 0 Å². The lowest BCUT2D eigenvalue weighted by atomic mass is 10.2. The van der Waals surface area contributed by atoms with Gasteiger partial charge in [-0.2, -0.15) is 5.26 Å². The fraction of sp³-hybridized carbons (Fsp3) is 0.350. The van der Waals surface area contributed by atoms with E-state index in [1.54, 1.807) is 6.33 Å². The number of aromatic nitrogens is 5. The molecule has 9 nitrogen and oxygen atoms in total. The molecule has 4 heterocycles. The Labute approximate surface area is 169 Å². The second kappa shape index (κ2) is 7.85. The van der Waals surface area contributed by atoms with Crippen molar-refractivity contribution >= 4 is 17.3 Å². The Morgan fingerprint density at radius 2 is 1.97 bits per heavy atom. The van der Waals surface area contributed by atoms with Gasteiger partial charge in [0.05, 0.1) is 30.5 Å². The summed E-state index contributed by atoms with van der Waals surface area (Å²) in [5, 5.41) is 11.9. The maximum atomic E-state index is 8.79. The minimum atomic E-state index is 0.273. The van der Waals surface area contributed by atoms with E-state index in [1.807, 2.05) is 29.1 Å². The topological polar surface area (TPSA) is 98.8 Å². The van der Waals surface area contributed by atoms with Crippen LogP contribution < -0.4 is 10.2 Å². The third kappa shape index (κ3) is 4.02. The highest BCUT2D eigenvalue weighted by Gasteiger charge is 2.30. The van der Waals surface area contributed by atoms with Crippen LogP contribution in [0.5, 0.6) is 0 Å². The van der Waals surface area contributed by atoms with Gasteiger partial charge in [0.25, 0.3) is 0 Å². The molecule has 0 bridgehead atoms. The predicted octanol–water partition coefficient (Wildman–Crippen LogP) is 2.20. The highest BCUT2D eigenvalue weighted by Crippen LogP contribution is 2.27. The third-order valence-electron chi connectivity index (χ3n) is 5.22. The van der Waals surface area contributed by atoms with Gasteiger partial charge >= 0.3 is 0 Å². The molecule has 1 saturated heterocycles. The summed E-state index contributed by atoms with van der Waals surface area (Å²) < 4.78 is 1.85. The Bertz CT molecular complexity index is 1000. The lowest BCUT2D eigenvalue weighted by Crippen LogP contribution is -2.32. The molecule has 0 unspecified atom stereocenters. The molecule has 1 aliphatic heterocycles. The Kier molecular flexibility index (Phi) is 5.10. The van der Waals surface area contributed by atoms with Crippen molar-refractivity contribution in [2.45, 2.75) is 25.4 Å². The lowest BCUT2D eigenvalue weighted by molar-refractivity contribution is 0.311. The van der Waals surface area contributed by atoms with Crippen LogP contribution in [0.4, 0.5) is 17.3 Å². The van der Waals surface area contributed by atoms with Gasteiger partial charge in [0, 0.05) is 18.6 Å². The van der Waals surface area contributed by atoms with Crippen molar-refractivity contribution in [1.82, 2.24) is 29.4 Å². The maximum absolute atomic E-state index is 8.79. The number of pyridine rings is 1. The monoisotopic (exact) mass is 389 g/mol. The zero-order valence-corrected chi connectivity index (χ0v) is 16.7. The highest BCUT2D eigenvalue weighted by molar-refractivity contribution is 5.52. The molecule has 3 aromatic rings. The van der Waals surface area contributed by atoms with Gasteiger partial charge in [0.1, 0.15) is 29.9 Å². The summed E-state index contributed by atoms with van der Waals surface area (Å²) in [4.78, 5) is 21.8. The largest absolute Gasteiger partial charge is 0.366 e. The molecule has 1 N–H and O–H groups in total. The maximum Gasteiger partial charge on any atom is 0.158 e. The highest BCUT2D eigenvalue weighted by atomic mass is 15.3. The van der Waals surface area contributed by atoms with Crippen LogP contribution in [0.25, 0.3) is 5.82 Å². The number of nitriles is 1. The van der Waals surface area contributed by atoms with Crippen LogP contribution in [0.15, 0.2) is 43.2 Å². The van der Waals surface area contributed by atoms with Gasteiger partial charge < -0.3 is 15.1 Å². The molecule has 3 aromatic heterocycles. The normalized spacial score (nSPS) is 18.8. The summed E-state index contributed by atoms with van der Waals surface area (Å²) in [6.07, 6.45) is 9.53. The van der Waals surface area contributed by atoms with Crippen molar-refractivity contribution in [2.75, 3.05) is 30.9 Å². The smallest absolute Gasteiger partial charge is 0.158 e. The number of rotatable bonds is 5. The average Bonchev–Trinajstić information content (AvgIpc) is 3.35. The van der Waals surface area contributed by atoms with Crippen LogP contribution >= 0.6 is 0 Å². The molecule has 148 valence electrons. The fourth-order valence-electron chi connectivity index (χ4n) is 3.53. The van der Waals surface area contributed by atoms with Crippen molar-refractivity contribution in [1.29, 1.82) is 5.26 Å². The molecule has 4 rings (SSSR count). The Morgan fingerprint density at radius 3 is 2.59 bits per heavy atom. The molecule has 0 aromatic carbocycles. The van der Waals surface area contributed by atoms with Crippen LogP contribution in [0.3, 0.4) is 0 Å². The number of hydrogen-bond acceptors (Lipinski definition) is 8. The third-order valence-corrected chi connectivity index (χ3v) is 5.22. The molecule has 1 fully saturated rings. The Morgan fingerprint density at radius 1 is 1.10 bits per heavy atom. The number of anilines is 3. The molecular weight excluding hydrogens is 366 g/mol. The summed E-state index contributed by atoms with van der Waals surface area (Å²) in [5.41, 5.74) is 1.41. The molecule has 9 heteroatoms. The zero-order chi connectivity index (χ0) is 20.4. The van der Waals surface area contributed by atoms with E-state index >= 15 is 0 Å². The second-order valence-corrected chi connectivity index (χ2v) is 7.42. The van der Waals surface area contributed by atoms with Gasteiger partial charge in [0.2, 0.25) is 0 Å². The first-order chi connectivity index (χ1) is 14.0. The van der Waals surface area contributed by atoms with Crippen LogP contribution in [0.2, 0.25) is 0 Å². The van der Waals surface area contributed by atoms with Gasteiger partial charge in [-0.25, -0.2) is 19.9 Å². The zero-order valence-electron chi connectivity index (χ0n) is 16.7. The molecule has 2 atom stereocenters. The lowest BCUT2D eigenvalue weighted by Gasteiger charge is -2.24. The minimum Gasteiger partial charge on any atom is -0.366 e. The summed E-state index contributed by atoms with van der Waals surface area (Å²) in [7, 11) is 4.27. The fourth-order valence-corrected chi connectivity index (χ4v) is 3.53. The Hall–Kier alpha value is -3.51. The van der Waals surface area contributed by atoms with E-state index in [0.717, 1.165) is 24.5 Å².